The minimum absolute atomic E-state index is 0.0207. The van der Waals surface area contributed by atoms with Crippen LogP contribution in [0.15, 0.2) is 4.99 Å². The largest absolute Gasteiger partial charge is 0.385 e. The van der Waals surface area contributed by atoms with E-state index >= 15 is 0 Å². The van der Waals surface area contributed by atoms with E-state index in [1.54, 1.807) is 16.7 Å². The van der Waals surface area contributed by atoms with Crippen LogP contribution in [0.2, 0.25) is 0 Å². The fourth-order valence-electron chi connectivity index (χ4n) is 1.67. The minimum Gasteiger partial charge on any atom is -0.385 e. The molecule has 86 valence electrons. The summed E-state index contributed by atoms with van der Waals surface area (Å²) in [7, 11) is 0. The molecular weight excluding hydrogens is 210 g/mol. The Labute approximate surface area is 95.3 Å². The molecule has 0 saturated heterocycles. The van der Waals surface area contributed by atoms with Crippen LogP contribution in [0.4, 0.5) is 4.79 Å². The Bertz CT molecular complexity index is 265. The number of aliphatic imine (C=N–C) groups is 1. The van der Waals surface area contributed by atoms with Gasteiger partial charge in [0.15, 0.2) is 0 Å². The van der Waals surface area contributed by atoms with Gasteiger partial charge in [0.05, 0.1) is 6.04 Å². The maximum Gasteiger partial charge on any atom is 0.345 e. The first-order chi connectivity index (χ1) is 7.06. The number of carbonyl (C=O) groups excluding carboxylic acids is 1. The number of carbonyl (C=O) groups is 1. The lowest BCUT2D eigenvalue weighted by atomic mass is 10.1. The quantitative estimate of drug-likeness (QED) is 0.778. The summed E-state index contributed by atoms with van der Waals surface area (Å²) in [5.41, 5.74) is 5.75. The predicted molar refractivity (Wildman–Crippen MR) is 65.3 cm³/mol. The first-order valence-corrected chi connectivity index (χ1v) is 6.59. The molecule has 0 fully saturated rings. The van der Waals surface area contributed by atoms with Gasteiger partial charge in [-0.15, -0.1) is 0 Å². The first-order valence-electron chi connectivity index (χ1n) is 5.19. The van der Waals surface area contributed by atoms with Gasteiger partial charge in [-0.2, -0.15) is 16.8 Å². The van der Waals surface area contributed by atoms with Gasteiger partial charge in [0.2, 0.25) is 0 Å². The topological polar surface area (TPSA) is 58.7 Å². The molecule has 15 heavy (non-hydrogen) atoms. The van der Waals surface area contributed by atoms with Crippen LogP contribution in [-0.2, 0) is 0 Å². The van der Waals surface area contributed by atoms with Crippen molar-refractivity contribution in [3.8, 4) is 0 Å². The number of amidine groups is 1. The van der Waals surface area contributed by atoms with Gasteiger partial charge in [0.1, 0.15) is 5.84 Å². The van der Waals surface area contributed by atoms with E-state index in [2.05, 4.69) is 25.1 Å². The van der Waals surface area contributed by atoms with E-state index in [0.717, 1.165) is 18.7 Å². The molecule has 0 aliphatic carbocycles. The molecule has 0 saturated carbocycles. The maximum absolute atomic E-state index is 11.5. The molecule has 1 aliphatic rings. The Kier molecular flexibility index (Phi) is 4.45. The molecule has 1 heterocycles. The van der Waals surface area contributed by atoms with Crippen molar-refractivity contribution in [1.82, 2.24) is 4.90 Å². The van der Waals surface area contributed by atoms with Crippen molar-refractivity contribution < 1.29 is 4.79 Å². The summed E-state index contributed by atoms with van der Waals surface area (Å²) in [5.74, 6) is 1.93. The fourth-order valence-corrected chi connectivity index (χ4v) is 2.13. The summed E-state index contributed by atoms with van der Waals surface area (Å²) >= 11 is 1.76. The van der Waals surface area contributed by atoms with Gasteiger partial charge >= 0.3 is 6.03 Å². The summed E-state index contributed by atoms with van der Waals surface area (Å²) < 4.78 is 0. The first kappa shape index (κ1) is 12.4. The Hall–Kier alpha value is -0.710. The Balaban J connectivity index is 2.63. The Morgan fingerprint density at radius 1 is 1.60 bits per heavy atom. The third-order valence-electron chi connectivity index (χ3n) is 2.35. The monoisotopic (exact) mass is 229 g/mol. The highest BCUT2D eigenvalue weighted by Crippen LogP contribution is 2.17. The van der Waals surface area contributed by atoms with E-state index in [1.165, 1.54) is 0 Å². The Morgan fingerprint density at radius 3 is 2.80 bits per heavy atom. The van der Waals surface area contributed by atoms with Gasteiger partial charge in [-0.3, -0.25) is 0 Å². The van der Waals surface area contributed by atoms with Gasteiger partial charge < -0.3 is 10.6 Å². The molecule has 1 unspecified atom stereocenters. The van der Waals surface area contributed by atoms with Gasteiger partial charge in [-0.1, -0.05) is 13.8 Å². The number of hydrogen-bond donors (Lipinski definition) is 1. The molecule has 0 spiro atoms. The van der Waals surface area contributed by atoms with Crippen LogP contribution < -0.4 is 5.73 Å². The van der Waals surface area contributed by atoms with E-state index in [4.69, 9.17) is 5.73 Å². The van der Waals surface area contributed by atoms with Crippen LogP contribution in [0.25, 0.3) is 0 Å². The van der Waals surface area contributed by atoms with E-state index in [9.17, 15) is 4.79 Å². The Morgan fingerprint density at radius 2 is 2.27 bits per heavy atom. The molecule has 0 bridgehead atoms. The second-order valence-electron chi connectivity index (χ2n) is 4.16. The van der Waals surface area contributed by atoms with Crippen LogP contribution >= 0.6 is 11.8 Å². The second-order valence-corrected chi connectivity index (χ2v) is 5.15. The van der Waals surface area contributed by atoms with Crippen LogP contribution in [0.5, 0.6) is 0 Å². The molecule has 4 nitrogen and oxygen atoms in total. The lowest BCUT2D eigenvalue weighted by Crippen LogP contribution is -2.42. The highest BCUT2D eigenvalue weighted by Gasteiger charge is 2.32. The number of nitrogens with zero attached hydrogens (tertiary/aromatic N) is 2. The van der Waals surface area contributed by atoms with Gasteiger partial charge in [0, 0.05) is 6.54 Å². The number of urea groups is 1. The zero-order valence-corrected chi connectivity index (χ0v) is 10.4. The van der Waals surface area contributed by atoms with E-state index in [0.29, 0.717) is 11.8 Å². The fraction of sp³-hybridized carbons (Fsp3) is 0.800. The number of rotatable bonds is 5. The number of amides is 2. The zero-order chi connectivity index (χ0) is 11.4. The predicted octanol–water partition coefficient (Wildman–Crippen LogP) is 1.56. The van der Waals surface area contributed by atoms with Crippen LogP contribution in [-0.4, -0.2) is 41.4 Å². The summed E-state index contributed by atoms with van der Waals surface area (Å²) in [5, 5.41) is 0. The third kappa shape index (κ3) is 3.12. The van der Waals surface area contributed by atoms with Crippen molar-refractivity contribution in [3.63, 3.8) is 0 Å². The second kappa shape index (κ2) is 5.39. The summed E-state index contributed by atoms with van der Waals surface area (Å²) in [6.45, 7) is 4.92. The van der Waals surface area contributed by atoms with Crippen molar-refractivity contribution >= 4 is 23.6 Å². The van der Waals surface area contributed by atoms with Gasteiger partial charge in [-0.05, 0) is 24.3 Å². The molecule has 1 rings (SSSR count). The lowest BCUT2D eigenvalue weighted by molar-refractivity contribution is 0.197. The summed E-state index contributed by atoms with van der Waals surface area (Å²) in [6.07, 6.45) is 2.95. The normalized spacial score (nSPS) is 21.3. The van der Waals surface area contributed by atoms with Crippen molar-refractivity contribution in [2.24, 2.45) is 16.6 Å². The molecule has 1 atom stereocenters. The zero-order valence-electron chi connectivity index (χ0n) is 9.56. The molecule has 0 radical (unpaired) electrons. The van der Waals surface area contributed by atoms with Crippen LogP contribution in [0.1, 0.15) is 20.3 Å². The number of nitrogens with two attached hydrogens (primary N) is 1. The lowest BCUT2D eigenvalue weighted by Gasteiger charge is -2.25. The molecule has 5 heteroatoms. The van der Waals surface area contributed by atoms with Gasteiger partial charge in [-0.25, -0.2) is 4.79 Å². The average molecular weight is 229 g/mol. The molecule has 1 aliphatic heterocycles. The molecule has 2 amide bonds. The standard InChI is InChI=1S/C10H19N3OS/c1-7(2)6-13-8(4-5-15-3)9(11)12-10(13)14/h7-8H,4-6H2,1-3H3,(H2,11,12,14). The highest BCUT2D eigenvalue weighted by atomic mass is 32.2. The maximum atomic E-state index is 11.5. The van der Waals surface area contributed by atoms with Crippen LogP contribution in [0.3, 0.4) is 0 Å². The third-order valence-corrected chi connectivity index (χ3v) is 2.99. The van der Waals surface area contributed by atoms with Crippen molar-refractivity contribution in [2.45, 2.75) is 26.3 Å². The summed E-state index contributed by atoms with van der Waals surface area (Å²) in [6, 6.07) is -0.153. The van der Waals surface area contributed by atoms with E-state index < -0.39 is 0 Å². The molecule has 2 N–H and O–H groups in total. The smallest absolute Gasteiger partial charge is 0.345 e. The highest BCUT2D eigenvalue weighted by molar-refractivity contribution is 7.98. The molecular formula is C10H19N3OS. The van der Waals surface area contributed by atoms with Crippen molar-refractivity contribution in [3.05, 3.63) is 0 Å². The average Bonchev–Trinajstić information content (AvgIpc) is 2.39. The summed E-state index contributed by atoms with van der Waals surface area (Å²) in [4.78, 5) is 17.2. The van der Waals surface area contributed by atoms with E-state index in [1.807, 2.05) is 0 Å². The van der Waals surface area contributed by atoms with Crippen molar-refractivity contribution in [2.75, 3.05) is 18.6 Å². The molecule has 0 aromatic heterocycles. The molecule has 0 aromatic rings. The SMILES string of the molecule is CSCCC1C(N)=NC(=O)N1CC(C)C. The number of hydrogen-bond acceptors (Lipinski definition) is 3. The minimum atomic E-state index is -0.174. The van der Waals surface area contributed by atoms with E-state index in [-0.39, 0.29) is 12.1 Å². The number of thioether (sulfide) groups is 1. The van der Waals surface area contributed by atoms with Crippen molar-refractivity contribution in [1.29, 1.82) is 0 Å². The molecule has 0 aromatic carbocycles. The van der Waals surface area contributed by atoms with Crippen LogP contribution in [0, 0.1) is 5.92 Å². The van der Waals surface area contributed by atoms with Gasteiger partial charge in [0.25, 0.3) is 0 Å².